The van der Waals surface area contributed by atoms with Crippen LogP contribution >= 0.6 is 0 Å². The van der Waals surface area contributed by atoms with Crippen LogP contribution in [0.1, 0.15) is 35.7 Å². The van der Waals surface area contributed by atoms with Gasteiger partial charge in [0.1, 0.15) is 11.4 Å². The van der Waals surface area contributed by atoms with Crippen LogP contribution in [-0.4, -0.2) is 15.6 Å². The van der Waals surface area contributed by atoms with Gasteiger partial charge in [-0.05, 0) is 23.6 Å². The summed E-state index contributed by atoms with van der Waals surface area (Å²) in [6, 6.07) is 2.72. The Morgan fingerprint density at radius 1 is 1.37 bits per heavy atom. The van der Waals surface area contributed by atoms with Crippen molar-refractivity contribution in [3.63, 3.8) is 0 Å². The van der Waals surface area contributed by atoms with E-state index in [1.54, 1.807) is 13.1 Å². The molecule has 0 spiro atoms. The molecule has 0 bridgehead atoms. The summed E-state index contributed by atoms with van der Waals surface area (Å²) in [5.74, 6) is -1.81. The number of halogens is 1. The van der Waals surface area contributed by atoms with Crippen LogP contribution in [-0.2, 0) is 7.05 Å². The van der Waals surface area contributed by atoms with Gasteiger partial charge >= 0.3 is 5.97 Å². The zero-order valence-corrected chi connectivity index (χ0v) is 10.9. The van der Waals surface area contributed by atoms with E-state index in [1.807, 2.05) is 13.8 Å². The maximum Gasteiger partial charge on any atom is 0.341 e. The molecule has 0 atom stereocenters. The highest BCUT2D eigenvalue weighted by molar-refractivity contribution is 5.92. The average Bonchev–Trinajstić information content (AvgIpc) is 2.32. The number of fused-ring (bicyclic) bond motifs is 1. The van der Waals surface area contributed by atoms with E-state index in [9.17, 15) is 14.0 Å². The minimum atomic E-state index is -1.31. The standard InChI is InChI=1S/C14H14FNO3/c1-7(2)8-5-12-9(4-11(8)15)13(17)10(14(18)19)6-16(12)3/h4-7H,1-3H3,(H,18,19). The van der Waals surface area contributed by atoms with Crippen LogP contribution in [0.25, 0.3) is 10.9 Å². The quantitative estimate of drug-likeness (QED) is 0.905. The predicted molar refractivity (Wildman–Crippen MR) is 70.2 cm³/mol. The van der Waals surface area contributed by atoms with Crippen molar-refractivity contribution in [2.45, 2.75) is 19.8 Å². The van der Waals surface area contributed by atoms with Crippen LogP contribution in [0.2, 0.25) is 0 Å². The molecule has 1 heterocycles. The molecule has 0 aliphatic heterocycles. The second-order valence-corrected chi connectivity index (χ2v) is 4.83. The van der Waals surface area contributed by atoms with E-state index in [4.69, 9.17) is 5.11 Å². The number of rotatable bonds is 2. The maximum atomic E-state index is 13.9. The fourth-order valence-electron chi connectivity index (χ4n) is 2.11. The molecule has 0 unspecified atom stereocenters. The number of aromatic carboxylic acids is 1. The highest BCUT2D eigenvalue weighted by Crippen LogP contribution is 2.23. The first-order valence-electron chi connectivity index (χ1n) is 5.89. The fraction of sp³-hybridized carbons (Fsp3) is 0.286. The van der Waals surface area contributed by atoms with Gasteiger partial charge in [0, 0.05) is 18.6 Å². The normalized spacial score (nSPS) is 11.2. The van der Waals surface area contributed by atoms with Crippen LogP contribution < -0.4 is 5.43 Å². The number of aromatic nitrogens is 1. The minimum Gasteiger partial charge on any atom is -0.477 e. The van der Waals surface area contributed by atoms with Gasteiger partial charge < -0.3 is 9.67 Å². The summed E-state index contributed by atoms with van der Waals surface area (Å²) in [7, 11) is 1.64. The van der Waals surface area contributed by atoms with Gasteiger partial charge in [-0.2, -0.15) is 0 Å². The second kappa shape index (κ2) is 4.50. The Morgan fingerprint density at radius 3 is 2.53 bits per heavy atom. The van der Waals surface area contributed by atoms with Crippen LogP contribution in [0.4, 0.5) is 4.39 Å². The van der Waals surface area contributed by atoms with Gasteiger partial charge in [-0.1, -0.05) is 13.8 Å². The van der Waals surface area contributed by atoms with Crippen LogP contribution in [0.15, 0.2) is 23.1 Å². The Kier molecular flexibility index (Phi) is 3.14. The van der Waals surface area contributed by atoms with E-state index in [-0.39, 0.29) is 16.9 Å². The van der Waals surface area contributed by atoms with Crippen molar-refractivity contribution in [1.29, 1.82) is 0 Å². The topological polar surface area (TPSA) is 59.3 Å². The van der Waals surface area contributed by atoms with Gasteiger partial charge in [0.05, 0.1) is 5.52 Å². The number of hydrogen-bond acceptors (Lipinski definition) is 2. The molecule has 1 aromatic carbocycles. The third-order valence-corrected chi connectivity index (χ3v) is 3.16. The summed E-state index contributed by atoms with van der Waals surface area (Å²) in [5, 5.41) is 9.04. The summed E-state index contributed by atoms with van der Waals surface area (Å²) in [6.45, 7) is 3.71. The summed E-state index contributed by atoms with van der Waals surface area (Å²) in [6.07, 6.45) is 1.26. The van der Waals surface area contributed by atoms with E-state index in [2.05, 4.69) is 0 Å². The zero-order chi connectivity index (χ0) is 14.3. The third-order valence-electron chi connectivity index (χ3n) is 3.16. The summed E-state index contributed by atoms with van der Waals surface area (Å²) in [5.41, 5.74) is 0.0205. The largest absolute Gasteiger partial charge is 0.477 e. The molecule has 0 aliphatic rings. The molecule has 19 heavy (non-hydrogen) atoms. The highest BCUT2D eigenvalue weighted by Gasteiger charge is 2.16. The molecular weight excluding hydrogens is 249 g/mol. The van der Waals surface area contributed by atoms with Gasteiger partial charge in [0.15, 0.2) is 0 Å². The molecule has 5 heteroatoms. The van der Waals surface area contributed by atoms with Crippen molar-refractivity contribution < 1.29 is 14.3 Å². The lowest BCUT2D eigenvalue weighted by molar-refractivity contribution is 0.0695. The van der Waals surface area contributed by atoms with E-state index >= 15 is 0 Å². The van der Waals surface area contributed by atoms with Crippen molar-refractivity contribution >= 4 is 16.9 Å². The number of pyridine rings is 1. The van der Waals surface area contributed by atoms with Crippen LogP contribution in [0.5, 0.6) is 0 Å². The number of carboxylic acids is 1. The monoisotopic (exact) mass is 263 g/mol. The first-order valence-corrected chi connectivity index (χ1v) is 5.89. The molecule has 1 N–H and O–H groups in total. The molecule has 0 fully saturated rings. The molecule has 0 radical (unpaired) electrons. The van der Waals surface area contributed by atoms with E-state index < -0.39 is 17.2 Å². The van der Waals surface area contributed by atoms with Crippen LogP contribution in [0.3, 0.4) is 0 Å². The van der Waals surface area contributed by atoms with Crippen molar-refractivity contribution in [2.24, 2.45) is 7.05 Å². The van der Waals surface area contributed by atoms with Crippen molar-refractivity contribution in [1.82, 2.24) is 4.57 Å². The lowest BCUT2D eigenvalue weighted by Gasteiger charge is -2.12. The number of benzene rings is 1. The smallest absolute Gasteiger partial charge is 0.341 e. The molecule has 0 amide bonds. The lowest BCUT2D eigenvalue weighted by atomic mass is 9.99. The number of carboxylic acid groups (broad SMARTS) is 1. The van der Waals surface area contributed by atoms with Gasteiger partial charge in [-0.3, -0.25) is 4.79 Å². The van der Waals surface area contributed by atoms with Gasteiger partial charge in [-0.25, -0.2) is 9.18 Å². The number of carbonyl (C=O) groups is 1. The van der Waals surface area contributed by atoms with E-state index in [0.717, 1.165) is 6.07 Å². The Bertz CT molecular complexity index is 732. The molecule has 0 saturated carbocycles. The zero-order valence-electron chi connectivity index (χ0n) is 10.9. The first kappa shape index (κ1) is 13.3. The van der Waals surface area contributed by atoms with Crippen LogP contribution in [0, 0.1) is 5.82 Å². The summed E-state index contributed by atoms with van der Waals surface area (Å²) < 4.78 is 15.5. The Hall–Kier alpha value is -2.17. The Labute approximate surface area is 109 Å². The molecule has 100 valence electrons. The molecule has 2 aromatic rings. The van der Waals surface area contributed by atoms with Gasteiger partial charge in [0.25, 0.3) is 0 Å². The van der Waals surface area contributed by atoms with Crippen molar-refractivity contribution in [3.8, 4) is 0 Å². The van der Waals surface area contributed by atoms with E-state index in [0.29, 0.717) is 11.1 Å². The predicted octanol–water partition coefficient (Wildman–Crippen LogP) is 2.50. The third kappa shape index (κ3) is 2.12. The average molecular weight is 263 g/mol. The molecule has 0 saturated heterocycles. The first-order chi connectivity index (χ1) is 8.82. The molecule has 4 nitrogen and oxygen atoms in total. The number of hydrogen-bond donors (Lipinski definition) is 1. The number of aryl methyl sites for hydroxylation is 1. The minimum absolute atomic E-state index is 0.0151. The van der Waals surface area contributed by atoms with E-state index in [1.165, 1.54) is 10.8 Å². The van der Waals surface area contributed by atoms with Crippen molar-refractivity contribution in [3.05, 3.63) is 45.5 Å². The Morgan fingerprint density at radius 2 is 2.00 bits per heavy atom. The Balaban J connectivity index is 2.92. The molecular formula is C14H14FNO3. The summed E-state index contributed by atoms with van der Waals surface area (Å²) >= 11 is 0. The maximum absolute atomic E-state index is 13.9. The number of nitrogens with zero attached hydrogens (tertiary/aromatic N) is 1. The molecule has 0 aliphatic carbocycles. The molecule has 1 aromatic heterocycles. The molecule has 2 rings (SSSR count). The second-order valence-electron chi connectivity index (χ2n) is 4.83. The summed E-state index contributed by atoms with van der Waals surface area (Å²) in [4.78, 5) is 23.0. The van der Waals surface area contributed by atoms with Gasteiger partial charge in [0.2, 0.25) is 5.43 Å². The van der Waals surface area contributed by atoms with Crippen molar-refractivity contribution in [2.75, 3.05) is 0 Å². The van der Waals surface area contributed by atoms with Gasteiger partial charge in [-0.15, -0.1) is 0 Å². The fourth-order valence-corrected chi connectivity index (χ4v) is 2.11. The SMILES string of the molecule is CC(C)c1cc2c(cc1F)c(=O)c(C(=O)O)cn2C. The lowest BCUT2D eigenvalue weighted by Crippen LogP contribution is -2.18. The highest BCUT2D eigenvalue weighted by atomic mass is 19.1.